The number of nitrogens with one attached hydrogen (secondary N) is 2. The van der Waals surface area contributed by atoms with Crippen LogP contribution in [-0.2, 0) is 24.9 Å². The maximum absolute atomic E-state index is 11.9. The summed E-state index contributed by atoms with van der Waals surface area (Å²) in [5, 5.41) is 15.2. The minimum absolute atomic E-state index is 0.0752. The maximum atomic E-state index is 11.9. The quantitative estimate of drug-likeness (QED) is 0.592. The zero-order chi connectivity index (χ0) is 18.4. The Kier molecular flexibility index (Phi) is 5.96. The predicted molar refractivity (Wildman–Crippen MR) is 101 cm³/mol. The van der Waals surface area contributed by atoms with Gasteiger partial charge in [-0.05, 0) is 31.2 Å². The number of anilines is 1. The standard InChI is InChI=1S/C18H21N5O2S/c1-13-5-7-14(8-6-13)19-11-16-21-22-18(23(16)2)26-12-17(24)20-10-15-4-3-9-25-15/h3-9,19H,10-12H2,1-2H3,(H,20,24). The monoisotopic (exact) mass is 371 g/mol. The fraction of sp³-hybridized carbons (Fsp3) is 0.278. The molecule has 2 aromatic heterocycles. The number of benzene rings is 1. The molecular weight excluding hydrogens is 350 g/mol. The SMILES string of the molecule is Cc1ccc(NCc2nnc(SCC(=O)NCc3ccco3)n2C)cc1. The second-order valence-electron chi connectivity index (χ2n) is 5.82. The molecule has 0 unspecified atom stereocenters. The van der Waals surface area contributed by atoms with E-state index in [1.807, 2.05) is 29.8 Å². The van der Waals surface area contributed by atoms with Gasteiger partial charge in [0.05, 0.1) is 25.1 Å². The highest BCUT2D eigenvalue weighted by atomic mass is 32.2. The van der Waals surface area contributed by atoms with Gasteiger partial charge in [0.15, 0.2) is 11.0 Å². The van der Waals surface area contributed by atoms with Crippen LogP contribution in [0.15, 0.2) is 52.2 Å². The molecule has 2 heterocycles. The van der Waals surface area contributed by atoms with Crippen LogP contribution >= 0.6 is 11.8 Å². The Hall–Kier alpha value is -2.74. The Morgan fingerprint density at radius 1 is 1.19 bits per heavy atom. The van der Waals surface area contributed by atoms with Gasteiger partial charge in [-0.2, -0.15) is 0 Å². The molecule has 0 saturated heterocycles. The Labute approximate surface area is 156 Å². The van der Waals surface area contributed by atoms with E-state index in [-0.39, 0.29) is 11.7 Å². The fourth-order valence-corrected chi connectivity index (χ4v) is 3.02. The number of furan rings is 1. The highest BCUT2D eigenvalue weighted by Gasteiger charge is 2.11. The molecule has 1 amide bonds. The van der Waals surface area contributed by atoms with Crippen molar-refractivity contribution in [3.63, 3.8) is 0 Å². The number of aryl methyl sites for hydroxylation is 1. The van der Waals surface area contributed by atoms with Crippen LogP contribution in [0.5, 0.6) is 0 Å². The van der Waals surface area contributed by atoms with Crippen molar-refractivity contribution in [1.29, 1.82) is 0 Å². The first kappa shape index (κ1) is 18.1. The molecule has 0 saturated carbocycles. The van der Waals surface area contributed by atoms with Crippen LogP contribution in [0.3, 0.4) is 0 Å². The zero-order valence-corrected chi connectivity index (χ0v) is 15.5. The molecule has 0 spiro atoms. The molecule has 8 heteroatoms. The molecule has 1 aromatic carbocycles. The number of rotatable bonds is 8. The molecule has 0 fully saturated rings. The Balaban J connectivity index is 1.47. The summed E-state index contributed by atoms with van der Waals surface area (Å²) in [5.74, 6) is 1.74. The second kappa shape index (κ2) is 8.57. The molecule has 3 aromatic rings. The van der Waals surface area contributed by atoms with Gasteiger partial charge in [0.25, 0.3) is 0 Å². The van der Waals surface area contributed by atoms with Crippen molar-refractivity contribution in [3.8, 4) is 0 Å². The van der Waals surface area contributed by atoms with Crippen LogP contribution in [0.2, 0.25) is 0 Å². The van der Waals surface area contributed by atoms with Gasteiger partial charge in [0, 0.05) is 12.7 Å². The number of hydrogen-bond donors (Lipinski definition) is 2. The summed E-state index contributed by atoms with van der Waals surface area (Å²) in [4.78, 5) is 11.9. The molecule has 0 aliphatic carbocycles. The lowest BCUT2D eigenvalue weighted by molar-refractivity contribution is -0.118. The number of thioether (sulfide) groups is 1. The first-order chi connectivity index (χ1) is 12.6. The van der Waals surface area contributed by atoms with Gasteiger partial charge >= 0.3 is 0 Å². The van der Waals surface area contributed by atoms with Gasteiger partial charge in [-0.15, -0.1) is 10.2 Å². The molecule has 0 aliphatic heterocycles. The topological polar surface area (TPSA) is 85.0 Å². The molecule has 0 bridgehead atoms. The minimum atomic E-state index is -0.0752. The summed E-state index contributed by atoms with van der Waals surface area (Å²) in [6.07, 6.45) is 1.59. The lowest BCUT2D eigenvalue weighted by atomic mass is 10.2. The summed E-state index contributed by atoms with van der Waals surface area (Å²) in [5.41, 5.74) is 2.25. The Morgan fingerprint density at radius 3 is 2.73 bits per heavy atom. The van der Waals surface area contributed by atoms with E-state index in [4.69, 9.17) is 4.42 Å². The van der Waals surface area contributed by atoms with E-state index in [0.29, 0.717) is 18.2 Å². The van der Waals surface area contributed by atoms with Gasteiger partial charge in [-0.3, -0.25) is 4.79 Å². The number of carbonyl (C=O) groups is 1. The molecule has 0 radical (unpaired) electrons. The first-order valence-electron chi connectivity index (χ1n) is 8.22. The van der Waals surface area contributed by atoms with Crippen molar-refractivity contribution in [1.82, 2.24) is 20.1 Å². The van der Waals surface area contributed by atoms with Crippen LogP contribution in [-0.4, -0.2) is 26.4 Å². The molecule has 136 valence electrons. The highest BCUT2D eigenvalue weighted by molar-refractivity contribution is 7.99. The summed E-state index contributed by atoms with van der Waals surface area (Å²) in [6, 6.07) is 11.8. The number of carbonyl (C=O) groups excluding carboxylic acids is 1. The highest BCUT2D eigenvalue weighted by Crippen LogP contribution is 2.16. The summed E-state index contributed by atoms with van der Waals surface area (Å²) >= 11 is 1.36. The molecule has 3 rings (SSSR count). The zero-order valence-electron chi connectivity index (χ0n) is 14.7. The van der Waals surface area contributed by atoms with Crippen molar-refractivity contribution in [2.75, 3.05) is 11.1 Å². The third-order valence-corrected chi connectivity index (χ3v) is 4.82. The van der Waals surface area contributed by atoms with E-state index in [1.54, 1.807) is 12.3 Å². The fourth-order valence-electron chi connectivity index (χ4n) is 2.26. The van der Waals surface area contributed by atoms with Crippen molar-refractivity contribution < 1.29 is 9.21 Å². The minimum Gasteiger partial charge on any atom is -0.467 e. The molecular formula is C18H21N5O2S. The average molecular weight is 371 g/mol. The van der Waals surface area contributed by atoms with E-state index < -0.39 is 0 Å². The van der Waals surface area contributed by atoms with Crippen LogP contribution in [0.4, 0.5) is 5.69 Å². The molecule has 2 N–H and O–H groups in total. The van der Waals surface area contributed by atoms with Crippen molar-refractivity contribution in [2.45, 2.75) is 25.2 Å². The number of nitrogens with zero attached hydrogens (tertiary/aromatic N) is 3. The smallest absolute Gasteiger partial charge is 0.230 e. The third kappa shape index (κ3) is 4.89. The van der Waals surface area contributed by atoms with Crippen LogP contribution < -0.4 is 10.6 Å². The summed E-state index contributed by atoms with van der Waals surface area (Å²) in [6.45, 7) is 3.01. The first-order valence-corrected chi connectivity index (χ1v) is 9.21. The van der Waals surface area contributed by atoms with Crippen molar-refractivity contribution >= 4 is 23.4 Å². The Bertz CT molecular complexity index is 843. The Morgan fingerprint density at radius 2 is 2.00 bits per heavy atom. The van der Waals surface area contributed by atoms with Gasteiger partial charge in [0.2, 0.25) is 5.91 Å². The predicted octanol–water partition coefficient (Wildman–Crippen LogP) is 2.74. The van der Waals surface area contributed by atoms with Crippen LogP contribution in [0.1, 0.15) is 17.1 Å². The molecule has 7 nitrogen and oxygen atoms in total. The lowest BCUT2D eigenvalue weighted by Crippen LogP contribution is -2.24. The number of hydrogen-bond acceptors (Lipinski definition) is 6. The largest absolute Gasteiger partial charge is 0.467 e. The summed E-state index contributed by atoms with van der Waals surface area (Å²) < 4.78 is 7.08. The maximum Gasteiger partial charge on any atom is 0.230 e. The van der Waals surface area contributed by atoms with E-state index in [1.165, 1.54) is 17.3 Å². The van der Waals surface area contributed by atoms with E-state index in [0.717, 1.165) is 17.3 Å². The lowest BCUT2D eigenvalue weighted by Gasteiger charge is -2.07. The van der Waals surface area contributed by atoms with E-state index in [2.05, 4.69) is 39.9 Å². The van der Waals surface area contributed by atoms with E-state index >= 15 is 0 Å². The van der Waals surface area contributed by atoms with E-state index in [9.17, 15) is 4.79 Å². The molecule has 0 aliphatic rings. The van der Waals surface area contributed by atoms with Crippen LogP contribution in [0.25, 0.3) is 0 Å². The second-order valence-corrected chi connectivity index (χ2v) is 6.76. The number of aromatic nitrogens is 3. The van der Waals surface area contributed by atoms with Gasteiger partial charge in [-0.1, -0.05) is 29.5 Å². The molecule has 0 atom stereocenters. The van der Waals surface area contributed by atoms with Gasteiger partial charge in [-0.25, -0.2) is 0 Å². The normalized spacial score (nSPS) is 10.7. The van der Waals surface area contributed by atoms with Crippen LogP contribution in [0, 0.1) is 6.92 Å². The van der Waals surface area contributed by atoms with Gasteiger partial charge in [0.1, 0.15) is 5.76 Å². The average Bonchev–Trinajstić information content (AvgIpc) is 3.28. The third-order valence-electron chi connectivity index (χ3n) is 3.80. The summed E-state index contributed by atoms with van der Waals surface area (Å²) in [7, 11) is 1.90. The van der Waals surface area contributed by atoms with Gasteiger partial charge < -0.3 is 19.6 Å². The molecule has 26 heavy (non-hydrogen) atoms. The number of amides is 1. The van der Waals surface area contributed by atoms with Crippen molar-refractivity contribution in [3.05, 3.63) is 59.8 Å². The van der Waals surface area contributed by atoms with Crippen molar-refractivity contribution in [2.24, 2.45) is 7.05 Å².